The van der Waals surface area contributed by atoms with Crippen LogP contribution in [0.5, 0.6) is 5.75 Å². The van der Waals surface area contributed by atoms with Gasteiger partial charge in [0.05, 0.1) is 5.02 Å². The molecule has 130 valence electrons. The molecule has 0 aliphatic rings. The Bertz CT molecular complexity index is 859. The summed E-state index contributed by atoms with van der Waals surface area (Å²) >= 11 is 6.10. The van der Waals surface area contributed by atoms with Gasteiger partial charge in [0.25, 0.3) is 0 Å². The first-order chi connectivity index (χ1) is 12.1. The molecule has 0 heterocycles. The highest BCUT2D eigenvalue weighted by Crippen LogP contribution is 2.30. The minimum absolute atomic E-state index is 0.0958. The molecule has 2 nitrogen and oxygen atoms in total. The van der Waals surface area contributed by atoms with Crippen LogP contribution in [-0.2, 0) is 13.2 Å². The van der Waals surface area contributed by atoms with E-state index in [1.165, 1.54) is 6.07 Å². The minimum Gasteiger partial charge on any atom is -0.488 e. The van der Waals surface area contributed by atoms with Crippen molar-refractivity contribution in [2.45, 2.75) is 33.0 Å². The molecule has 0 radical (unpaired) electrons. The predicted octanol–water partition coefficient (Wildman–Crippen LogP) is 5.71. The number of ether oxygens (including phenoxy) is 1. The Hall–Kier alpha value is -2.10. The zero-order valence-electron chi connectivity index (χ0n) is 14.4. The maximum absolute atomic E-state index is 14.0. The molecule has 25 heavy (non-hydrogen) atoms. The number of rotatable bonds is 6. The highest BCUT2D eigenvalue weighted by Gasteiger charge is 2.12. The van der Waals surface area contributed by atoms with E-state index in [1.807, 2.05) is 24.3 Å². The van der Waals surface area contributed by atoms with Gasteiger partial charge in [0, 0.05) is 23.7 Å². The Morgan fingerprint density at radius 1 is 1.00 bits per heavy atom. The van der Waals surface area contributed by atoms with Gasteiger partial charge in [-0.15, -0.1) is 0 Å². The maximum Gasteiger partial charge on any atom is 0.131 e. The molecule has 3 aromatic carbocycles. The molecule has 3 aromatic rings. The lowest BCUT2D eigenvalue weighted by Crippen LogP contribution is -2.22. The van der Waals surface area contributed by atoms with Crippen LogP contribution in [0, 0.1) is 5.82 Å². The summed E-state index contributed by atoms with van der Waals surface area (Å²) in [4.78, 5) is 0. The molecular weight excluding hydrogens is 337 g/mol. The standard InChI is InChI=1S/C21H21ClFNO/c1-14(2)24-12-17-16-7-4-3-6-15(16)10-11-21(17)25-13-18-19(22)8-5-9-20(18)23/h3-11,14,24H,12-13H2,1-2H3. The first-order valence-corrected chi connectivity index (χ1v) is 8.73. The van der Waals surface area contributed by atoms with Crippen molar-refractivity contribution in [1.82, 2.24) is 5.32 Å². The lowest BCUT2D eigenvalue weighted by Gasteiger charge is -2.17. The fraction of sp³-hybridized carbons (Fsp3) is 0.238. The van der Waals surface area contributed by atoms with Crippen molar-refractivity contribution in [2.75, 3.05) is 0 Å². The van der Waals surface area contributed by atoms with E-state index in [9.17, 15) is 4.39 Å². The van der Waals surface area contributed by atoms with E-state index in [-0.39, 0.29) is 12.4 Å². The summed E-state index contributed by atoms with van der Waals surface area (Å²) in [5.74, 6) is 0.390. The second-order valence-electron chi connectivity index (χ2n) is 6.29. The third kappa shape index (κ3) is 4.12. The molecule has 4 heteroatoms. The zero-order valence-corrected chi connectivity index (χ0v) is 15.1. The van der Waals surface area contributed by atoms with Crippen LogP contribution in [0.3, 0.4) is 0 Å². The Kier molecular flexibility index (Phi) is 5.57. The van der Waals surface area contributed by atoms with Crippen LogP contribution in [0.4, 0.5) is 4.39 Å². The summed E-state index contributed by atoms with van der Waals surface area (Å²) in [6.07, 6.45) is 0. The quantitative estimate of drug-likeness (QED) is 0.610. The van der Waals surface area contributed by atoms with Crippen LogP contribution in [-0.4, -0.2) is 6.04 Å². The fourth-order valence-corrected chi connectivity index (χ4v) is 2.98. The number of benzene rings is 3. The summed E-state index contributed by atoms with van der Waals surface area (Å²) in [7, 11) is 0. The van der Waals surface area contributed by atoms with Crippen molar-refractivity contribution in [3.05, 3.63) is 76.6 Å². The molecule has 0 fully saturated rings. The summed E-state index contributed by atoms with van der Waals surface area (Å²) in [5, 5.41) is 6.10. The van der Waals surface area contributed by atoms with Crippen LogP contribution in [0.15, 0.2) is 54.6 Å². The van der Waals surface area contributed by atoms with Gasteiger partial charge in [-0.1, -0.05) is 61.8 Å². The van der Waals surface area contributed by atoms with Gasteiger partial charge in [0.15, 0.2) is 0 Å². The highest BCUT2D eigenvalue weighted by atomic mass is 35.5. The average Bonchev–Trinajstić information content (AvgIpc) is 2.59. The van der Waals surface area contributed by atoms with Crippen molar-refractivity contribution in [1.29, 1.82) is 0 Å². The molecular formula is C21H21ClFNO. The number of fused-ring (bicyclic) bond motifs is 1. The van der Waals surface area contributed by atoms with Crippen molar-refractivity contribution < 1.29 is 9.13 Å². The average molecular weight is 358 g/mol. The van der Waals surface area contributed by atoms with Crippen molar-refractivity contribution in [3.63, 3.8) is 0 Å². The van der Waals surface area contributed by atoms with Gasteiger partial charge in [-0.25, -0.2) is 4.39 Å². The van der Waals surface area contributed by atoms with Crippen LogP contribution in [0.25, 0.3) is 10.8 Å². The first-order valence-electron chi connectivity index (χ1n) is 8.36. The highest BCUT2D eigenvalue weighted by molar-refractivity contribution is 6.31. The Morgan fingerprint density at radius 3 is 2.56 bits per heavy atom. The molecule has 0 aliphatic carbocycles. The van der Waals surface area contributed by atoms with Gasteiger partial charge >= 0.3 is 0 Å². The van der Waals surface area contributed by atoms with Crippen LogP contribution >= 0.6 is 11.6 Å². The van der Waals surface area contributed by atoms with Gasteiger partial charge in [-0.3, -0.25) is 0 Å². The van der Waals surface area contributed by atoms with Crippen molar-refractivity contribution >= 4 is 22.4 Å². The second kappa shape index (κ2) is 7.85. The lowest BCUT2D eigenvalue weighted by molar-refractivity contribution is 0.296. The van der Waals surface area contributed by atoms with E-state index in [2.05, 4.69) is 31.3 Å². The van der Waals surface area contributed by atoms with Crippen molar-refractivity contribution in [2.24, 2.45) is 0 Å². The molecule has 0 aliphatic heterocycles. The Balaban J connectivity index is 1.93. The molecule has 0 aromatic heterocycles. The Labute approximate surface area is 152 Å². The topological polar surface area (TPSA) is 21.3 Å². The summed E-state index contributed by atoms with van der Waals surface area (Å²) < 4.78 is 19.9. The van der Waals surface area contributed by atoms with E-state index >= 15 is 0 Å². The second-order valence-corrected chi connectivity index (χ2v) is 6.70. The molecule has 0 saturated carbocycles. The smallest absolute Gasteiger partial charge is 0.131 e. The van der Waals surface area contributed by atoms with E-state index < -0.39 is 0 Å². The van der Waals surface area contributed by atoms with E-state index in [1.54, 1.807) is 12.1 Å². The first kappa shape index (κ1) is 17.7. The van der Waals surface area contributed by atoms with E-state index in [4.69, 9.17) is 16.3 Å². The largest absolute Gasteiger partial charge is 0.488 e. The van der Waals surface area contributed by atoms with Crippen LogP contribution in [0.1, 0.15) is 25.0 Å². The normalized spacial score (nSPS) is 11.2. The van der Waals surface area contributed by atoms with Gasteiger partial charge in [-0.05, 0) is 29.0 Å². The molecule has 0 saturated heterocycles. The Morgan fingerprint density at radius 2 is 1.80 bits per heavy atom. The molecule has 0 amide bonds. The third-order valence-electron chi connectivity index (χ3n) is 4.12. The molecule has 0 atom stereocenters. The number of halogens is 2. The van der Waals surface area contributed by atoms with E-state index in [0.717, 1.165) is 22.1 Å². The summed E-state index contributed by atoms with van der Waals surface area (Å²) in [6, 6.07) is 17.2. The molecule has 3 rings (SSSR count). The monoisotopic (exact) mass is 357 g/mol. The lowest BCUT2D eigenvalue weighted by atomic mass is 10.0. The van der Waals surface area contributed by atoms with Crippen LogP contribution < -0.4 is 10.1 Å². The van der Waals surface area contributed by atoms with Gasteiger partial charge in [-0.2, -0.15) is 0 Å². The molecule has 1 N–H and O–H groups in total. The molecule has 0 bridgehead atoms. The van der Waals surface area contributed by atoms with E-state index in [0.29, 0.717) is 23.2 Å². The fourth-order valence-electron chi connectivity index (χ4n) is 2.76. The molecule has 0 spiro atoms. The van der Waals surface area contributed by atoms with Crippen LogP contribution in [0.2, 0.25) is 5.02 Å². The third-order valence-corrected chi connectivity index (χ3v) is 4.47. The van der Waals surface area contributed by atoms with Gasteiger partial charge in [0.2, 0.25) is 0 Å². The summed E-state index contributed by atoms with van der Waals surface area (Å²) in [6.45, 7) is 4.98. The molecule has 0 unspecified atom stereocenters. The summed E-state index contributed by atoms with van der Waals surface area (Å²) in [5.41, 5.74) is 1.44. The van der Waals surface area contributed by atoms with Crippen molar-refractivity contribution in [3.8, 4) is 5.75 Å². The zero-order chi connectivity index (χ0) is 17.8. The number of hydrogen-bond donors (Lipinski definition) is 1. The predicted molar refractivity (Wildman–Crippen MR) is 102 cm³/mol. The maximum atomic E-state index is 14.0. The van der Waals surface area contributed by atoms with Gasteiger partial charge in [0.1, 0.15) is 18.2 Å². The number of hydrogen-bond acceptors (Lipinski definition) is 2. The minimum atomic E-state index is -0.352. The SMILES string of the molecule is CC(C)NCc1c(OCc2c(F)cccc2Cl)ccc2ccccc12. The van der Waals surface area contributed by atoms with Gasteiger partial charge < -0.3 is 10.1 Å². The number of nitrogens with one attached hydrogen (secondary N) is 1.